The van der Waals surface area contributed by atoms with Crippen LogP contribution >= 0.6 is 11.6 Å². The molecule has 6 heteroatoms. The summed E-state index contributed by atoms with van der Waals surface area (Å²) in [4.78, 5) is 14.0. The van der Waals surface area contributed by atoms with Gasteiger partial charge in [0.05, 0.1) is 13.2 Å². The van der Waals surface area contributed by atoms with Crippen molar-refractivity contribution in [1.82, 2.24) is 15.5 Å². The van der Waals surface area contributed by atoms with E-state index in [-0.39, 0.29) is 6.03 Å². The minimum atomic E-state index is -0.117. The highest BCUT2D eigenvalue weighted by atomic mass is 35.5. The molecule has 1 aromatic rings. The minimum Gasteiger partial charge on any atom is -0.379 e. The molecule has 22 heavy (non-hydrogen) atoms. The molecule has 1 aliphatic heterocycles. The Hall–Kier alpha value is -1.30. The Morgan fingerprint density at radius 2 is 1.91 bits per heavy atom. The van der Waals surface area contributed by atoms with Gasteiger partial charge in [-0.2, -0.15) is 0 Å². The van der Waals surface area contributed by atoms with Crippen LogP contribution in [0.25, 0.3) is 0 Å². The van der Waals surface area contributed by atoms with Gasteiger partial charge in [-0.15, -0.1) is 0 Å². The zero-order chi connectivity index (χ0) is 15.6. The van der Waals surface area contributed by atoms with Crippen LogP contribution in [-0.4, -0.2) is 56.9 Å². The topological polar surface area (TPSA) is 53.6 Å². The molecule has 122 valence electrons. The quantitative estimate of drug-likeness (QED) is 0.753. The number of nitrogens with zero attached hydrogens (tertiary/aromatic N) is 1. The van der Waals surface area contributed by atoms with E-state index in [1.807, 2.05) is 24.3 Å². The molecule has 0 bridgehead atoms. The Morgan fingerprint density at radius 1 is 1.18 bits per heavy atom. The van der Waals surface area contributed by atoms with E-state index in [9.17, 15) is 4.79 Å². The molecule has 0 aliphatic carbocycles. The summed E-state index contributed by atoms with van der Waals surface area (Å²) in [6, 6.07) is 7.58. The molecule has 2 amide bonds. The first-order valence-electron chi connectivity index (χ1n) is 7.81. The number of morpholine rings is 1. The van der Waals surface area contributed by atoms with Crippen LogP contribution in [0.2, 0.25) is 5.02 Å². The van der Waals surface area contributed by atoms with E-state index >= 15 is 0 Å². The van der Waals surface area contributed by atoms with Gasteiger partial charge < -0.3 is 15.4 Å². The van der Waals surface area contributed by atoms with Crippen molar-refractivity contribution in [3.8, 4) is 0 Å². The fourth-order valence-corrected chi connectivity index (χ4v) is 2.63. The highest BCUT2D eigenvalue weighted by molar-refractivity contribution is 6.31. The summed E-state index contributed by atoms with van der Waals surface area (Å²) in [5.74, 6) is 0. The third kappa shape index (κ3) is 6.22. The molecule has 1 aliphatic rings. The van der Waals surface area contributed by atoms with Gasteiger partial charge >= 0.3 is 6.03 Å². The van der Waals surface area contributed by atoms with E-state index < -0.39 is 0 Å². The van der Waals surface area contributed by atoms with Gasteiger partial charge in [-0.25, -0.2) is 4.79 Å². The first-order valence-corrected chi connectivity index (χ1v) is 8.19. The van der Waals surface area contributed by atoms with Crippen molar-refractivity contribution in [2.75, 3.05) is 45.9 Å². The van der Waals surface area contributed by atoms with Crippen LogP contribution in [-0.2, 0) is 11.2 Å². The molecule has 0 saturated carbocycles. The number of ether oxygens (including phenoxy) is 1. The van der Waals surface area contributed by atoms with Gasteiger partial charge in [0.25, 0.3) is 0 Å². The van der Waals surface area contributed by atoms with Crippen LogP contribution < -0.4 is 10.6 Å². The van der Waals surface area contributed by atoms with Crippen molar-refractivity contribution < 1.29 is 9.53 Å². The second kappa shape index (κ2) is 9.66. The number of hydrogen-bond acceptors (Lipinski definition) is 3. The molecule has 1 saturated heterocycles. The molecule has 0 spiro atoms. The van der Waals surface area contributed by atoms with Crippen molar-refractivity contribution in [2.45, 2.75) is 12.8 Å². The van der Waals surface area contributed by atoms with Gasteiger partial charge in [0.2, 0.25) is 0 Å². The lowest BCUT2D eigenvalue weighted by Crippen LogP contribution is -2.40. The number of hydrogen-bond donors (Lipinski definition) is 2. The van der Waals surface area contributed by atoms with Crippen LogP contribution in [0.1, 0.15) is 12.0 Å². The maximum Gasteiger partial charge on any atom is 0.314 e. The summed E-state index contributed by atoms with van der Waals surface area (Å²) in [7, 11) is 0. The second-order valence-electron chi connectivity index (χ2n) is 5.33. The van der Waals surface area contributed by atoms with Crippen LogP contribution in [0.4, 0.5) is 4.79 Å². The Labute approximate surface area is 137 Å². The fraction of sp³-hybridized carbons (Fsp3) is 0.562. The zero-order valence-corrected chi connectivity index (χ0v) is 13.6. The standard InChI is InChI=1S/C16H24ClN3O2/c17-15-5-2-1-4-14(15)6-8-19-16(21)18-7-3-9-20-10-12-22-13-11-20/h1-2,4-5H,3,6-13H2,(H2,18,19,21). The predicted molar refractivity (Wildman–Crippen MR) is 88.4 cm³/mol. The summed E-state index contributed by atoms with van der Waals surface area (Å²) >= 11 is 6.07. The average molecular weight is 326 g/mol. The number of carbonyl (C=O) groups excluding carboxylic acids is 1. The fourth-order valence-electron chi connectivity index (χ4n) is 2.40. The van der Waals surface area contributed by atoms with Gasteiger partial charge in [-0.1, -0.05) is 29.8 Å². The number of urea groups is 1. The first kappa shape index (κ1) is 17.1. The Morgan fingerprint density at radius 3 is 2.68 bits per heavy atom. The summed E-state index contributed by atoms with van der Waals surface area (Å²) in [5.41, 5.74) is 1.05. The average Bonchev–Trinajstić information content (AvgIpc) is 2.54. The van der Waals surface area contributed by atoms with Crippen molar-refractivity contribution in [3.63, 3.8) is 0 Å². The summed E-state index contributed by atoms with van der Waals surface area (Å²) < 4.78 is 5.30. The lowest BCUT2D eigenvalue weighted by molar-refractivity contribution is 0.0375. The summed E-state index contributed by atoms with van der Waals surface area (Å²) in [5, 5.41) is 6.48. The highest BCUT2D eigenvalue weighted by Gasteiger charge is 2.09. The van der Waals surface area contributed by atoms with Crippen molar-refractivity contribution in [1.29, 1.82) is 0 Å². The maximum atomic E-state index is 11.7. The van der Waals surface area contributed by atoms with Crippen LogP contribution in [0, 0.1) is 0 Å². The number of amides is 2. The third-order valence-corrected chi connectivity index (χ3v) is 4.05. The van der Waals surface area contributed by atoms with Gasteiger partial charge in [0, 0.05) is 31.2 Å². The second-order valence-corrected chi connectivity index (χ2v) is 5.74. The number of benzene rings is 1. The van der Waals surface area contributed by atoms with Crippen molar-refractivity contribution >= 4 is 17.6 Å². The van der Waals surface area contributed by atoms with Gasteiger partial charge in [0.1, 0.15) is 0 Å². The number of rotatable bonds is 7. The molecule has 1 fully saturated rings. The zero-order valence-electron chi connectivity index (χ0n) is 12.8. The molecular weight excluding hydrogens is 302 g/mol. The minimum absolute atomic E-state index is 0.117. The van der Waals surface area contributed by atoms with Gasteiger partial charge in [-0.3, -0.25) is 4.90 Å². The number of carbonyl (C=O) groups is 1. The van der Waals surface area contributed by atoms with E-state index in [1.165, 1.54) is 0 Å². The Balaban J connectivity index is 1.51. The van der Waals surface area contributed by atoms with E-state index in [4.69, 9.17) is 16.3 Å². The molecule has 1 heterocycles. The SMILES string of the molecule is O=C(NCCCN1CCOCC1)NCCc1ccccc1Cl. The Bertz CT molecular complexity index is 464. The molecule has 0 atom stereocenters. The van der Waals surface area contributed by atoms with Gasteiger partial charge in [0.15, 0.2) is 0 Å². The monoisotopic (exact) mass is 325 g/mol. The smallest absolute Gasteiger partial charge is 0.314 e. The molecule has 5 nitrogen and oxygen atoms in total. The summed E-state index contributed by atoms with van der Waals surface area (Å²) in [6.45, 7) is 5.89. The lowest BCUT2D eigenvalue weighted by Gasteiger charge is -2.26. The molecule has 0 unspecified atom stereocenters. The number of nitrogens with one attached hydrogen (secondary N) is 2. The van der Waals surface area contributed by atoms with Crippen LogP contribution in [0.15, 0.2) is 24.3 Å². The van der Waals surface area contributed by atoms with E-state index in [0.717, 1.165) is 56.3 Å². The van der Waals surface area contributed by atoms with E-state index in [2.05, 4.69) is 15.5 Å². The molecule has 2 rings (SSSR count). The molecule has 0 radical (unpaired) electrons. The Kier molecular flexibility index (Phi) is 7.49. The third-order valence-electron chi connectivity index (χ3n) is 3.68. The lowest BCUT2D eigenvalue weighted by atomic mass is 10.1. The van der Waals surface area contributed by atoms with Crippen LogP contribution in [0.5, 0.6) is 0 Å². The van der Waals surface area contributed by atoms with E-state index in [1.54, 1.807) is 0 Å². The van der Waals surface area contributed by atoms with Crippen LogP contribution in [0.3, 0.4) is 0 Å². The molecule has 1 aromatic carbocycles. The van der Waals surface area contributed by atoms with Gasteiger partial charge in [-0.05, 0) is 31.0 Å². The summed E-state index contributed by atoms with van der Waals surface area (Å²) in [6.07, 6.45) is 1.69. The number of halogens is 1. The van der Waals surface area contributed by atoms with Crippen molar-refractivity contribution in [3.05, 3.63) is 34.9 Å². The highest BCUT2D eigenvalue weighted by Crippen LogP contribution is 2.14. The molecule has 0 aromatic heterocycles. The first-order chi connectivity index (χ1) is 10.8. The largest absolute Gasteiger partial charge is 0.379 e. The normalized spacial score (nSPS) is 15.5. The molecular formula is C16H24ClN3O2. The molecule has 2 N–H and O–H groups in total. The van der Waals surface area contributed by atoms with E-state index in [0.29, 0.717) is 13.1 Å². The predicted octanol–water partition coefficient (Wildman–Crippen LogP) is 1.90. The maximum absolute atomic E-state index is 11.7. The van der Waals surface area contributed by atoms with Crippen molar-refractivity contribution in [2.24, 2.45) is 0 Å².